The number of nitrogens with zero attached hydrogens (tertiary/aromatic N) is 5. The Balaban J connectivity index is 1.51. The number of fused-ring (bicyclic) bond motifs is 1. The number of H-pyrrole nitrogens is 1. The zero-order valence-electron chi connectivity index (χ0n) is 14.9. The number of ether oxygens (including phenoxy) is 1. The van der Waals surface area contributed by atoms with E-state index in [0.29, 0.717) is 34.4 Å². The van der Waals surface area contributed by atoms with E-state index in [1.807, 2.05) is 4.68 Å². The first-order chi connectivity index (χ1) is 13.1. The van der Waals surface area contributed by atoms with Gasteiger partial charge < -0.3 is 10.1 Å². The smallest absolute Gasteiger partial charge is 0.246 e. The van der Waals surface area contributed by atoms with Crippen molar-refractivity contribution in [2.75, 3.05) is 18.5 Å². The first-order valence-corrected chi connectivity index (χ1v) is 8.97. The first-order valence-electron chi connectivity index (χ1n) is 8.97. The van der Waals surface area contributed by atoms with Crippen LogP contribution in [0, 0.1) is 5.92 Å². The zero-order valence-corrected chi connectivity index (χ0v) is 14.9. The summed E-state index contributed by atoms with van der Waals surface area (Å²) in [6, 6.07) is 1.56. The molecule has 0 bridgehead atoms. The molecule has 0 saturated carbocycles. The number of anilines is 2. The molecule has 0 aliphatic carbocycles. The van der Waals surface area contributed by atoms with Crippen LogP contribution in [-0.4, -0.2) is 49.6 Å². The molecule has 4 heterocycles. The predicted molar refractivity (Wildman–Crippen MR) is 95.2 cm³/mol. The van der Waals surface area contributed by atoms with E-state index in [1.54, 1.807) is 18.5 Å². The molecule has 4 rings (SSSR count). The number of aromatic amines is 1. The van der Waals surface area contributed by atoms with Gasteiger partial charge in [-0.2, -0.15) is 10.2 Å². The van der Waals surface area contributed by atoms with Crippen molar-refractivity contribution in [2.24, 2.45) is 5.92 Å². The van der Waals surface area contributed by atoms with E-state index < -0.39 is 12.3 Å². The van der Waals surface area contributed by atoms with Gasteiger partial charge in [-0.3, -0.25) is 5.10 Å². The molecule has 1 fully saturated rings. The van der Waals surface area contributed by atoms with Gasteiger partial charge in [0, 0.05) is 31.5 Å². The Morgan fingerprint density at radius 1 is 1.30 bits per heavy atom. The van der Waals surface area contributed by atoms with Gasteiger partial charge in [0.15, 0.2) is 17.3 Å². The highest BCUT2D eigenvalue weighted by Gasteiger charge is 2.20. The molecule has 1 atom stereocenters. The van der Waals surface area contributed by atoms with Crippen molar-refractivity contribution in [2.45, 2.75) is 38.7 Å². The van der Waals surface area contributed by atoms with Crippen LogP contribution in [0.4, 0.5) is 20.4 Å². The fourth-order valence-electron chi connectivity index (χ4n) is 3.12. The summed E-state index contributed by atoms with van der Waals surface area (Å²) >= 11 is 0. The van der Waals surface area contributed by atoms with Crippen molar-refractivity contribution in [1.29, 1.82) is 0 Å². The summed E-state index contributed by atoms with van der Waals surface area (Å²) in [5.41, 5.74) is 1.76. The van der Waals surface area contributed by atoms with Crippen LogP contribution in [0.3, 0.4) is 0 Å². The molecule has 3 aromatic rings. The van der Waals surface area contributed by atoms with Gasteiger partial charge >= 0.3 is 0 Å². The lowest BCUT2D eigenvalue weighted by molar-refractivity contribution is 0.0605. The minimum absolute atomic E-state index is 0.367. The van der Waals surface area contributed by atoms with Crippen molar-refractivity contribution in [3.8, 4) is 0 Å². The van der Waals surface area contributed by atoms with Crippen LogP contribution in [0.5, 0.6) is 0 Å². The normalized spacial score (nSPS) is 16.9. The third kappa shape index (κ3) is 3.90. The van der Waals surface area contributed by atoms with Gasteiger partial charge in [-0.1, -0.05) is 6.92 Å². The molecule has 144 valence electrons. The maximum atomic E-state index is 12.8. The Hall–Kier alpha value is -2.62. The second-order valence-corrected chi connectivity index (χ2v) is 6.80. The highest BCUT2D eigenvalue weighted by molar-refractivity contribution is 5.71. The fraction of sp³-hybridized carbons (Fsp3) is 0.529. The number of rotatable bonds is 6. The molecule has 2 N–H and O–H groups in total. The highest BCUT2D eigenvalue weighted by Crippen LogP contribution is 2.24. The van der Waals surface area contributed by atoms with Crippen molar-refractivity contribution < 1.29 is 13.5 Å². The second kappa shape index (κ2) is 7.55. The Kier molecular flexibility index (Phi) is 4.97. The minimum Gasteiger partial charge on any atom is -0.381 e. The van der Waals surface area contributed by atoms with Crippen LogP contribution in [0.15, 0.2) is 18.5 Å². The van der Waals surface area contributed by atoms with E-state index in [1.165, 1.54) is 6.92 Å². The number of hydrogen-bond donors (Lipinski definition) is 2. The number of alkyl halides is 2. The van der Waals surface area contributed by atoms with E-state index in [9.17, 15) is 8.78 Å². The Morgan fingerprint density at radius 3 is 2.89 bits per heavy atom. The summed E-state index contributed by atoms with van der Waals surface area (Å²) in [6.45, 7) is 3.77. The Labute approximate surface area is 154 Å². The third-order valence-corrected chi connectivity index (χ3v) is 4.84. The van der Waals surface area contributed by atoms with Gasteiger partial charge in [0.05, 0.1) is 18.3 Å². The largest absolute Gasteiger partial charge is 0.381 e. The Morgan fingerprint density at radius 2 is 2.11 bits per heavy atom. The zero-order chi connectivity index (χ0) is 18.8. The topological polar surface area (TPSA) is 93.5 Å². The molecule has 0 aromatic carbocycles. The molecule has 0 amide bonds. The second-order valence-electron chi connectivity index (χ2n) is 6.80. The van der Waals surface area contributed by atoms with Crippen molar-refractivity contribution in [3.63, 3.8) is 0 Å². The van der Waals surface area contributed by atoms with E-state index >= 15 is 0 Å². The third-order valence-electron chi connectivity index (χ3n) is 4.84. The molecule has 1 saturated heterocycles. The monoisotopic (exact) mass is 377 g/mol. The molecule has 0 unspecified atom stereocenters. The first kappa shape index (κ1) is 17.8. The maximum Gasteiger partial charge on any atom is 0.246 e. The van der Waals surface area contributed by atoms with Gasteiger partial charge in [0.1, 0.15) is 5.52 Å². The van der Waals surface area contributed by atoms with Gasteiger partial charge in [0.25, 0.3) is 0 Å². The summed E-state index contributed by atoms with van der Waals surface area (Å²) < 4.78 is 32.9. The Bertz CT molecular complexity index is 904. The van der Waals surface area contributed by atoms with Gasteiger partial charge in [-0.15, -0.1) is 0 Å². The quantitative estimate of drug-likeness (QED) is 0.686. The number of nitrogens with one attached hydrogen (secondary N) is 2. The van der Waals surface area contributed by atoms with Crippen LogP contribution in [0.1, 0.15) is 31.4 Å². The molecule has 10 heteroatoms. The standard InChI is InChI=1S/C17H21F2N7O/c1-10(16(18)19)12-6-14(25-24-12)22-15-8-20-13-7-21-26(17(13)23-15)9-11-2-4-27-5-3-11/h6-8,10-11,16H,2-5,9H2,1H3,(H2,22,23,24,25)/t10-/m0/s1. The number of hydrogen-bond acceptors (Lipinski definition) is 6. The number of aromatic nitrogens is 6. The fourth-order valence-corrected chi connectivity index (χ4v) is 3.12. The maximum absolute atomic E-state index is 12.8. The van der Waals surface area contributed by atoms with E-state index in [2.05, 4.69) is 30.6 Å². The molecule has 8 nitrogen and oxygen atoms in total. The van der Waals surface area contributed by atoms with Gasteiger partial charge in [-0.05, 0) is 18.8 Å². The lowest BCUT2D eigenvalue weighted by Crippen LogP contribution is -2.21. The lowest BCUT2D eigenvalue weighted by atomic mass is 10.0. The summed E-state index contributed by atoms with van der Waals surface area (Å²) in [5.74, 6) is 0.494. The molecule has 27 heavy (non-hydrogen) atoms. The SMILES string of the molecule is C[C@@H](c1cc(Nc2cnc3cnn(CC4CCOCC4)c3n2)n[nH]1)C(F)F. The highest BCUT2D eigenvalue weighted by atomic mass is 19.3. The molecule has 1 aliphatic rings. The van der Waals surface area contributed by atoms with Crippen LogP contribution in [-0.2, 0) is 11.3 Å². The molecule has 3 aromatic heterocycles. The summed E-state index contributed by atoms with van der Waals surface area (Å²) in [5, 5.41) is 14.1. The van der Waals surface area contributed by atoms with Crippen molar-refractivity contribution in [3.05, 3.63) is 24.2 Å². The molecular weight excluding hydrogens is 356 g/mol. The summed E-state index contributed by atoms with van der Waals surface area (Å²) in [6.07, 6.45) is 2.83. The van der Waals surface area contributed by atoms with E-state index in [4.69, 9.17) is 4.74 Å². The molecule has 0 spiro atoms. The average molecular weight is 377 g/mol. The molecule has 0 radical (unpaired) electrons. The van der Waals surface area contributed by atoms with Gasteiger partial charge in [-0.25, -0.2) is 23.4 Å². The predicted octanol–water partition coefficient (Wildman–Crippen LogP) is 3.09. The number of halogens is 2. The molecule has 1 aliphatic heterocycles. The van der Waals surface area contributed by atoms with Crippen molar-refractivity contribution >= 4 is 22.8 Å². The van der Waals surface area contributed by atoms with Crippen LogP contribution in [0.25, 0.3) is 11.2 Å². The van der Waals surface area contributed by atoms with Crippen molar-refractivity contribution in [1.82, 2.24) is 29.9 Å². The average Bonchev–Trinajstić information content (AvgIpc) is 3.29. The summed E-state index contributed by atoms with van der Waals surface area (Å²) in [4.78, 5) is 8.95. The van der Waals surface area contributed by atoms with E-state index in [0.717, 1.165) is 32.6 Å². The minimum atomic E-state index is -2.45. The summed E-state index contributed by atoms with van der Waals surface area (Å²) in [7, 11) is 0. The van der Waals surface area contributed by atoms with Crippen LogP contribution in [0.2, 0.25) is 0 Å². The van der Waals surface area contributed by atoms with Crippen LogP contribution >= 0.6 is 0 Å². The lowest BCUT2D eigenvalue weighted by Gasteiger charge is -2.21. The van der Waals surface area contributed by atoms with E-state index in [-0.39, 0.29) is 0 Å². The van der Waals surface area contributed by atoms with Crippen LogP contribution < -0.4 is 5.32 Å². The van der Waals surface area contributed by atoms with Gasteiger partial charge in [0.2, 0.25) is 6.43 Å². The molecular formula is C17H21F2N7O.